The number of thioether (sulfide) groups is 1. The summed E-state index contributed by atoms with van der Waals surface area (Å²) in [5, 5.41) is 0. The fourth-order valence-corrected chi connectivity index (χ4v) is 1.72. The highest BCUT2D eigenvalue weighted by atomic mass is 32.2. The Labute approximate surface area is 70.1 Å². The van der Waals surface area contributed by atoms with Crippen molar-refractivity contribution < 1.29 is 0 Å². The molecule has 1 unspecified atom stereocenters. The molecule has 0 radical (unpaired) electrons. The molecule has 0 amide bonds. The van der Waals surface area contributed by atoms with Gasteiger partial charge in [0.15, 0.2) is 0 Å². The van der Waals surface area contributed by atoms with E-state index >= 15 is 0 Å². The molecule has 1 atom stereocenters. The first-order valence-corrected chi connectivity index (χ1v) is 4.54. The molecule has 1 heterocycles. The second-order valence-electron chi connectivity index (χ2n) is 2.12. The Kier molecular flexibility index (Phi) is 2.91. The molecule has 0 saturated carbocycles. The molecule has 0 aromatic carbocycles. The maximum Gasteiger partial charge on any atom is 0.137 e. The molecule has 3 nitrogen and oxygen atoms in total. The molecule has 0 bridgehead atoms. The highest BCUT2D eigenvalue weighted by molar-refractivity contribution is 8.22. The third-order valence-electron chi connectivity index (χ3n) is 1.23. The van der Waals surface area contributed by atoms with Gasteiger partial charge in [-0.05, 0) is 0 Å². The summed E-state index contributed by atoms with van der Waals surface area (Å²) < 4.78 is 0.887. The van der Waals surface area contributed by atoms with Crippen LogP contribution in [0.4, 0.5) is 0 Å². The van der Waals surface area contributed by atoms with Crippen molar-refractivity contribution in [2.75, 3.05) is 18.8 Å². The highest BCUT2D eigenvalue weighted by Gasteiger charge is 2.31. The minimum atomic E-state index is 0.178. The lowest BCUT2D eigenvalue weighted by Crippen LogP contribution is -2.15. The molecule has 0 aromatic heterocycles. The standard InChI is InChI=1S/C5H11N3S2/c6-1-2-10-5(9)8-3-4(8)7/h4H,1-3,6-7H2. The SMILES string of the molecule is NCCSC(=S)N1CC1N. The van der Waals surface area contributed by atoms with Crippen LogP contribution in [-0.2, 0) is 0 Å². The Morgan fingerprint density at radius 3 is 2.80 bits per heavy atom. The van der Waals surface area contributed by atoms with Crippen LogP contribution in [0, 0.1) is 0 Å². The van der Waals surface area contributed by atoms with Gasteiger partial charge in [0, 0.05) is 12.3 Å². The van der Waals surface area contributed by atoms with Gasteiger partial charge in [-0.1, -0.05) is 24.0 Å². The van der Waals surface area contributed by atoms with Crippen molar-refractivity contribution in [3.63, 3.8) is 0 Å². The third-order valence-corrected chi connectivity index (χ3v) is 2.74. The number of nitrogens with zero attached hydrogens (tertiary/aromatic N) is 1. The minimum Gasteiger partial charge on any atom is -0.337 e. The number of hydrogen-bond donors (Lipinski definition) is 2. The van der Waals surface area contributed by atoms with E-state index in [9.17, 15) is 0 Å². The zero-order chi connectivity index (χ0) is 7.56. The van der Waals surface area contributed by atoms with E-state index in [1.54, 1.807) is 11.8 Å². The average Bonchev–Trinajstić information content (AvgIpc) is 2.62. The van der Waals surface area contributed by atoms with Gasteiger partial charge >= 0.3 is 0 Å². The fraction of sp³-hybridized carbons (Fsp3) is 0.800. The molecule has 10 heavy (non-hydrogen) atoms. The van der Waals surface area contributed by atoms with E-state index in [4.69, 9.17) is 23.7 Å². The Bertz CT molecular complexity index is 139. The van der Waals surface area contributed by atoms with E-state index in [-0.39, 0.29) is 6.17 Å². The van der Waals surface area contributed by atoms with Gasteiger partial charge in [0.25, 0.3) is 0 Å². The Morgan fingerprint density at radius 2 is 2.40 bits per heavy atom. The first-order valence-electron chi connectivity index (χ1n) is 3.14. The molecule has 1 rings (SSSR count). The summed E-state index contributed by atoms with van der Waals surface area (Å²) in [6, 6.07) is 0. The zero-order valence-corrected chi connectivity index (χ0v) is 7.25. The average molecular weight is 177 g/mol. The Morgan fingerprint density at radius 1 is 1.80 bits per heavy atom. The molecule has 0 spiro atoms. The van der Waals surface area contributed by atoms with Gasteiger partial charge in [-0.2, -0.15) is 0 Å². The molecule has 0 aliphatic carbocycles. The first-order chi connectivity index (χ1) is 4.75. The van der Waals surface area contributed by atoms with Crippen molar-refractivity contribution in [3.8, 4) is 0 Å². The third kappa shape index (κ3) is 2.09. The lowest BCUT2D eigenvalue weighted by Gasteiger charge is -2.02. The maximum absolute atomic E-state index is 5.53. The van der Waals surface area contributed by atoms with Gasteiger partial charge in [-0.25, -0.2) is 0 Å². The first kappa shape index (κ1) is 8.26. The molecule has 5 heteroatoms. The van der Waals surface area contributed by atoms with Gasteiger partial charge in [0.05, 0.1) is 12.7 Å². The van der Waals surface area contributed by atoms with Gasteiger partial charge in [0.1, 0.15) is 4.32 Å². The number of nitrogens with two attached hydrogens (primary N) is 2. The lowest BCUT2D eigenvalue weighted by molar-refractivity contribution is 0.772. The van der Waals surface area contributed by atoms with Crippen molar-refractivity contribution in [2.45, 2.75) is 6.17 Å². The molecular weight excluding hydrogens is 166 g/mol. The fourth-order valence-electron chi connectivity index (χ4n) is 0.593. The predicted molar refractivity (Wildman–Crippen MR) is 48.8 cm³/mol. The van der Waals surface area contributed by atoms with Gasteiger partial charge in [-0.3, -0.25) is 0 Å². The van der Waals surface area contributed by atoms with Crippen molar-refractivity contribution in [1.29, 1.82) is 0 Å². The topological polar surface area (TPSA) is 55.0 Å². The Hall–Kier alpha value is 0.160. The molecule has 1 saturated heterocycles. The molecule has 1 fully saturated rings. The molecule has 0 aromatic rings. The van der Waals surface area contributed by atoms with Crippen molar-refractivity contribution >= 4 is 28.3 Å². The quantitative estimate of drug-likeness (QED) is 0.442. The second kappa shape index (κ2) is 3.52. The van der Waals surface area contributed by atoms with Crippen LogP contribution < -0.4 is 11.5 Å². The van der Waals surface area contributed by atoms with Gasteiger partial charge in [-0.15, -0.1) is 0 Å². The van der Waals surface area contributed by atoms with E-state index in [1.165, 1.54) is 0 Å². The summed E-state index contributed by atoms with van der Waals surface area (Å²) in [6.45, 7) is 1.59. The van der Waals surface area contributed by atoms with Crippen LogP contribution in [0.25, 0.3) is 0 Å². The normalized spacial score (nSPS) is 23.0. The summed E-state index contributed by atoms with van der Waals surface area (Å²) in [5.41, 5.74) is 10.8. The zero-order valence-electron chi connectivity index (χ0n) is 5.62. The number of thiocarbonyl (C=S) groups is 1. The smallest absolute Gasteiger partial charge is 0.137 e. The van der Waals surface area contributed by atoms with Crippen LogP contribution in [0.2, 0.25) is 0 Å². The van der Waals surface area contributed by atoms with Crippen LogP contribution >= 0.6 is 24.0 Å². The second-order valence-corrected chi connectivity index (χ2v) is 3.85. The van der Waals surface area contributed by atoms with Crippen LogP contribution in [-0.4, -0.2) is 34.2 Å². The maximum atomic E-state index is 5.53. The largest absolute Gasteiger partial charge is 0.337 e. The van der Waals surface area contributed by atoms with E-state index in [0.29, 0.717) is 6.54 Å². The molecular formula is C5H11N3S2. The minimum absolute atomic E-state index is 0.178. The van der Waals surface area contributed by atoms with Crippen molar-refractivity contribution in [3.05, 3.63) is 0 Å². The Balaban J connectivity index is 2.11. The van der Waals surface area contributed by atoms with Crippen LogP contribution in [0.15, 0.2) is 0 Å². The molecule has 1 aliphatic rings. The summed E-state index contributed by atoms with van der Waals surface area (Å²) in [6.07, 6.45) is 0.178. The highest BCUT2D eigenvalue weighted by Crippen LogP contribution is 2.19. The van der Waals surface area contributed by atoms with Crippen LogP contribution in [0.3, 0.4) is 0 Å². The van der Waals surface area contributed by atoms with Gasteiger partial charge in [0.2, 0.25) is 0 Å². The van der Waals surface area contributed by atoms with E-state index in [1.807, 2.05) is 4.90 Å². The summed E-state index contributed by atoms with van der Waals surface area (Å²) in [5.74, 6) is 0.891. The number of hydrogen-bond acceptors (Lipinski definition) is 4. The van der Waals surface area contributed by atoms with Crippen LogP contribution in [0.5, 0.6) is 0 Å². The molecule has 4 N–H and O–H groups in total. The molecule has 58 valence electrons. The summed E-state index contributed by atoms with van der Waals surface area (Å²) in [4.78, 5) is 1.98. The van der Waals surface area contributed by atoms with E-state index in [2.05, 4.69) is 0 Å². The van der Waals surface area contributed by atoms with Crippen LogP contribution in [0.1, 0.15) is 0 Å². The number of rotatable bonds is 2. The lowest BCUT2D eigenvalue weighted by atomic mass is 10.8. The monoisotopic (exact) mass is 177 g/mol. The van der Waals surface area contributed by atoms with E-state index < -0.39 is 0 Å². The van der Waals surface area contributed by atoms with Crippen molar-refractivity contribution in [2.24, 2.45) is 11.5 Å². The summed E-state index contributed by atoms with van der Waals surface area (Å²) >= 11 is 6.64. The predicted octanol–water partition coefficient (Wildman–Crippen LogP) is -0.436. The molecule has 1 aliphatic heterocycles. The summed E-state index contributed by atoms with van der Waals surface area (Å²) in [7, 11) is 0. The van der Waals surface area contributed by atoms with Gasteiger partial charge < -0.3 is 16.4 Å². The van der Waals surface area contributed by atoms with Crippen molar-refractivity contribution in [1.82, 2.24) is 4.90 Å². The van der Waals surface area contributed by atoms with E-state index in [0.717, 1.165) is 16.6 Å².